The van der Waals surface area contributed by atoms with Crippen LogP contribution in [0.4, 0.5) is 0 Å². The van der Waals surface area contributed by atoms with E-state index < -0.39 is 0 Å². The van der Waals surface area contributed by atoms with Crippen molar-refractivity contribution in [2.24, 2.45) is 0 Å². The number of tetrazole rings is 1. The number of rotatable bonds is 9. The Morgan fingerprint density at radius 2 is 2.00 bits per heavy atom. The highest BCUT2D eigenvalue weighted by Crippen LogP contribution is 2.26. The number of amides is 1. The number of nitrogens with zero attached hydrogens (tertiary/aromatic N) is 7. The Kier molecular flexibility index (Phi) is 6.75. The predicted molar refractivity (Wildman–Crippen MR) is 119 cm³/mol. The van der Waals surface area contributed by atoms with Gasteiger partial charge in [0.1, 0.15) is 24.1 Å². The zero-order chi connectivity index (χ0) is 22.3. The first kappa shape index (κ1) is 21.5. The van der Waals surface area contributed by atoms with Crippen LogP contribution in [0.1, 0.15) is 25.5 Å². The third kappa shape index (κ3) is 4.94. The van der Waals surface area contributed by atoms with E-state index in [0.29, 0.717) is 17.5 Å². The van der Waals surface area contributed by atoms with Crippen molar-refractivity contribution in [3.63, 3.8) is 0 Å². The summed E-state index contributed by atoms with van der Waals surface area (Å²) in [7, 11) is 0. The molecule has 0 spiro atoms. The number of benzene rings is 2. The normalized spacial score (nSPS) is 11.8. The van der Waals surface area contributed by atoms with Gasteiger partial charge in [-0.15, -0.1) is 5.10 Å². The van der Waals surface area contributed by atoms with Crippen molar-refractivity contribution in [3.8, 4) is 17.1 Å². The molecule has 10 nitrogen and oxygen atoms in total. The van der Waals surface area contributed by atoms with E-state index in [9.17, 15) is 4.79 Å². The van der Waals surface area contributed by atoms with E-state index in [1.165, 1.54) is 18.1 Å². The molecule has 0 aliphatic carbocycles. The molecule has 1 N–H and O–H groups in total. The summed E-state index contributed by atoms with van der Waals surface area (Å²) in [6.45, 7) is 4.39. The molecule has 2 aromatic carbocycles. The lowest BCUT2D eigenvalue weighted by Gasteiger charge is -2.15. The van der Waals surface area contributed by atoms with Crippen molar-refractivity contribution in [1.29, 1.82) is 0 Å². The predicted octanol–water partition coefficient (Wildman–Crippen LogP) is 2.61. The highest BCUT2D eigenvalue weighted by molar-refractivity contribution is 7.99. The molecule has 0 radical (unpaired) electrons. The number of hydrogen-bond donors (Lipinski definition) is 1. The Labute approximate surface area is 189 Å². The van der Waals surface area contributed by atoms with E-state index in [4.69, 9.17) is 4.74 Å². The summed E-state index contributed by atoms with van der Waals surface area (Å²) in [6, 6.07) is 15.1. The molecule has 32 heavy (non-hydrogen) atoms. The summed E-state index contributed by atoms with van der Waals surface area (Å²) in [5.74, 6) is 0.741. The lowest BCUT2D eigenvalue weighted by molar-refractivity contribution is -0.119. The van der Waals surface area contributed by atoms with Gasteiger partial charge in [0, 0.05) is 0 Å². The Morgan fingerprint density at radius 3 is 2.75 bits per heavy atom. The first-order valence-corrected chi connectivity index (χ1v) is 11.0. The topological polar surface area (TPSA) is 113 Å². The fraction of sp³-hybridized carbons (Fsp3) is 0.238. The monoisotopic (exact) mass is 450 g/mol. The van der Waals surface area contributed by atoms with E-state index in [-0.39, 0.29) is 17.7 Å². The number of carbonyl (C=O) groups is 1. The molecule has 0 saturated heterocycles. The minimum atomic E-state index is -0.150. The van der Waals surface area contributed by atoms with Gasteiger partial charge in [0.15, 0.2) is 0 Å². The zero-order valence-corrected chi connectivity index (χ0v) is 18.4. The van der Waals surface area contributed by atoms with Gasteiger partial charge in [-0.3, -0.25) is 4.79 Å². The van der Waals surface area contributed by atoms with Gasteiger partial charge >= 0.3 is 0 Å². The molecule has 0 aliphatic heterocycles. The van der Waals surface area contributed by atoms with Gasteiger partial charge in [0.25, 0.3) is 0 Å². The second-order valence-corrected chi connectivity index (χ2v) is 7.73. The molecule has 0 fully saturated rings. The van der Waals surface area contributed by atoms with E-state index in [0.717, 1.165) is 16.9 Å². The average molecular weight is 451 g/mol. The second-order valence-electron chi connectivity index (χ2n) is 6.78. The Bertz CT molecular complexity index is 1160. The van der Waals surface area contributed by atoms with Crippen LogP contribution < -0.4 is 10.1 Å². The van der Waals surface area contributed by atoms with Crippen molar-refractivity contribution in [2.75, 3.05) is 12.4 Å². The van der Waals surface area contributed by atoms with Crippen molar-refractivity contribution < 1.29 is 9.53 Å². The smallest absolute Gasteiger partial charge is 0.230 e. The minimum Gasteiger partial charge on any atom is -0.492 e. The van der Waals surface area contributed by atoms with Crippen LogP contribution in [-0.2, 0) is 4.79 Å². The van der Waals surface area contributed by atoms with E-state index >= 15 is 0 Å². The number of nitrogens with one attached hydrogen (secondary N) is 1. The molecular formula is C21H22N8O2S. The SMILES string of the molecule is CCOc1ccccc1-n1nnnc1SCC(=O)NC(C)c1ccc(-n2cncn2)cc1. The number of ether oxygens (including phenoxy) is 1. The third-order valence-corrected chi connectivity index (χ3v) is 5.54. The van der Waals surface area contributed by atoms with Crippen LogP contribution in [0.5, 0.6) is 5.75 Å². The molecule has 0 aliphatic rings. The maximum absolute atomic E-state index is 12.5. The number of carbonyl (C=O) groups excluding carboxylic acids is 1. The fourth-order valence-electron chi connectivity index (χ4n) is 3.08. The molecule has 0 bridgehead atoms. The van der Waals surface area contributed by atoms with Gasteiger partial charge in [-0.2, -0.15) is 9.78 Å². The quantitative estimate of drug-likeness (QED) is 0.387. The van der Waals surface area contributed by atoms with Crippen LogP contribution in [0, 0.1) is 0 Å². The van der Waals surface area contributed by atoms with Crippen LogP contribution in [0.25, 0.3) is 11.4 Å². The summed E-state index contributed by atoms with van der Waals surface area (Å²) in [5, 5.41) is 19.5. The molecular weight excluding hydrogens is 428 g/mol. The van der Waals surface area contributed by atoms with E-state index in [1.807, 2.05) is 62.4 Å². The Morgan fingerprint density at radius 1 is 1.19 bits per heavy atom. The molecule has 1 unspecified atom stereocenters. The van der Waals surface area contributed by atoms with Crippen LogP contribution in [0.3, 0.4) is 0 Å². The minimum absolute atomic E-state index is 0.115. The van der Waals surface area contributed by atoms with Crippen molar-refractivity contribution in [3.05, 3.63) is 66.7 Å². The van der Waals surface area contributed by atoms with Crippen molar-refractivity contribution in [1.82, 2.24) is 40.3 Å². The van der Waals surface area contributed by atoms with Gasteiger partial charge < -0.3 is 10.1 Å². The lowest BCUT2D eigenvalue weighted by atomic mass is 10.1. The maximum atomic E-state index is 12.5. The standard InChI is InChI=1S/C21H22N8O2S/c1-3-31-19-7-5-4-6-18(19)29-21(25-26-27-29)32-12-20(30)24-15(2)16-8-10-17(11-9-16)28-14-22-13-23-28/h4-11,13-15H,3,12H2,1-2H3,(H,24,30). The van der Waals surface area contributed by atoms with E-state index in [2.05, 4.69) is 30.9 Å². The van der Waals surface area contributed by atoms with Gasteiger partial charge in [-0.05, 0) is 54.1 Å². The van der Waals surface area contributed by atoms with Crippen LogP contribution >= 0.6 is 11.8 Å². The van der Waals surface area contributed by atoms with Gasteiger partial charge in [0.05, 0.1) is 24.1 Å². The zero-order valence-electron chi connectivity index (χ0n) is 17.6. The maximum Gasteiger partial charge on any atom is 0.230 e. The van der Waals surface area contributed by atoms with Crippen molar-refractivity contribution in [2.45, 2.75) is 25.0 Å². The molecule has 1 atom stereocenters. The molecule has 4 rings (SSSR count). The second kappa shape index (κ2) is 10.1. The summed E-state index contributed by atoms with van der Waals surface area (Å²) in [5.41, 5.74) is 2.62. The summed E-state index contributed by atoms with van der Waals surface area (Å²) in [6.07, 6.45) is 3.12. The molecule has 0 saturated carbocycles. The molecule has 164 valence electrons. The number of thioether (sulfide) groups is 1. The van der Waals surface area contributed by atoms with Crippen LogP contribution in [0.15, 0.2) is 66.3 Å². The fourth-order valence-corrected chi connectivity index (χ4v) is 3.78. The molecule has 11 heteroatoms. The van der Waals surface area contributed by atoms with Gasteiger partial charge in [0.2, 0.25) is 11.1 Å². The molecule has 2 aromatic heterocycles. The van der Waals surface area contributed by atoms with Gasteiger partial charge in [-0.25, -0.2) is 9.67 Å². The number of hydrogen-bond acceptors (Lipinski definition) is 8. The molecule has 1 amide bonds. The van der Waals surface area contributed by atoms with Crippen molar-refractivity contribution >= 4 is 17.7 Å². The Hall–Kier alpha value is -3.73. The summed E-state index contributed by atoms with van der Waals surface area (Å²) < 4.78 is 8.92. The third-order valence-electron chi connectivity index (χ3n) is 4.62. The van der Waals surface area contributed by atoms with Gasteiger partial charge in [-0.1, -0.05) is 36.0 Å². The molecule has 4 aromatic rings. The highest BCUT2D eigenvalue weighted by Gasteiger charge is 2.16. The number of aromatic nitrogens is 7. The summed E-state index contributed by atoms with van der Waals surface area (Å²) >= 11 is 1.26. The molecule has 2 heterocycles. The average Bonchev–Trinajstić information content (AvgIpc) is 3.51. The largest absolute Gasteiger partial charge is 0.492 e. The lowest BCUT2D eigenvalue weighted by Crippen LogP contribution is -2.28. The highest BCUT2D eigenvalue weighted by atomic mass is 32.2. The first-order chi connectivity index (χ1) is 15.7. The summed E-state index contributed by atoms with van der Waals surface area (Å²) in [4.78, 5) is 16.5. The van der Waals surface area contributed by atoms with Crippen LogP contribution in [-0.4, -0.2) is 53.2 Å². The Balaban J connectivity index is 1.36. The van der Waals surface area contributed by atoms with E-state index in [1.54, 1.807) is 15.7 Å². The van der Waals surface area contributed by atoms with Crippen LogP contribution in [0.2, 0.25) is 0 Å². The first-order valence-electron chi connectivity index (χ1n) is 10.0. The number of para-hydroxylation sites is 2.